The predicted molar refractivity (Wildman–Crippen MR) is 145 cm³/mol. The molecule has 1 aliphatic rings. The highest BCUT2D eigenvalue weighted by Crippen LogP contribution is 2.42. The quantitative estimate of drug-likeness (QED) is 0.307. The molecule has 1 saturated carbocycles. The summed E-state index contributed by atoms with van der Waals surface area (Å²) in [6, 6.07) is 17.0. The summed E-state index contributed by atoms with van der Waals surface area (Å²) in [5.74, 6) is -1.61. The van der Waals surface area contributed by atoms with Crippen LogP contribution in [0.4, 0.5) is 10.1 Å². The first kappa shape index (κ1) is 26.1. The van der Waals surface area contributed by atoms with Crippen molar-refractivity contribution in [1.82, 2.24) is 14.9 Å². The number of amides is 2. The summed E-state index contributed by atoms with van der Waals surface area (Å²) in [6.07, 6.45) is 5.24. The van der Waals surface area contributed by atoms with Gasteiger partial charge in [-0.2, -0.15) is 0 Å². The van der Waals surface area contributed by atoms with Crippen molar-refractivity contribution in [1.29, 1.82) is 0 Å². The summed E-state index contributed by atoms with van der Waals surface area (Å²) in [7, 11) is 0. The zero-order chi connectivity index (χ0) is 27.6. The monoisotopic (exact) mass is 528 g/mol. The Morgan fingerprint density at radius 2 is 1.82 bits per heavy atom. The normalized spacial score (nSPS) is 14.1. The molecule has 5 rings (SSSR count). The van der Waals surface area contributed by atoms with Gasteiger partial charge < -0.3 is 19.9 Å². The Labute approximate surface area is 225 Å². The van der Waals surface area contributed by atoms with E-state index in [1.54, 1.807) is 67.1 Å². The lowest BCUT2D eigenvalue weighted by Crippen LogP contribution is -2.51. The number of hydrogen-bond donors (Lipinski definition) is 2. The van der Waals surface area contributed by atoms with Crippen LogP contribution in [0.5, 0.6) is 0 Å². The van der Waals surface area contributed by atoms with Gasteiger partial charge >= 0.3 is 5.97 Å². The zero-order valence-corrected chi connectivity index (χ0v) is 21.7. The molecular formula is C30H29FN4O4. The minimum atomic E-state index is -0.642. The van der Waals surface area contributed by atoms with Crippen molar-refractivity contribution in [3.63, 3.8) is 0 Å². The van der Waals surface area contributed by atoms with Crippen molar-refractivity contribution in [2.24, 2.45) is 0 Å². The van der Waals surface area contributed by atoms with Crippen molar-refractivity contribution in [3.05, 3.63) is 95.7 Å². The van der Waals surface area contributed by atoms with E-state index in [9.17, 15) is 18.8 Å². The Morgan fingerprint density at radius 1 is 1.05 bits per heavy atom. The Hall–Kier alpha value is -4.53. The Morgan fingerprint density at radius 3 is 2.51 bits per heavy atom. The lowest BCUT2D eigenvalue weighted by Gasteiger charge is -2.43. The lowest BCUT2D eigenvalue weighted by molar-refractivity contribution is -0.116. The van der Waals surface area contributed by atoms with Crippen LogP contribution in [0.15, 0.2) is 73.1 Å². The number of anilines is 1. The van der Waals surface area contributed by atoms with Crippen LogP contribution in [-0.4, -0.2) is 33.4 Å². The first-order chi connectivity index (χ1) is 18.8. The van der Waals surface area contributed by atoms with Gasteiger partial charge in [-0.05, 0) is 81.1 Å². The van der Waals surface area contributed by atoms with Crippen LogP contribution in [0.3, 0.4) is 0 Å². The van der Waals surface area contributed by atoms with Crippen molar-refractivity contribution in [3.8, 4) is 0 Å². The minimum Gasteiger partial charge on any atom is -0.458 e. The van der Waals surface area contributed by atoms with Gasteiger partial charge in [0, 0.05) is 23.5 Å². The number of esters is 1. The van der Waals surface area contributed by atoms with E-state index in [-0.39, 0.29) is 35.6 Å². The molecule has 2 aromatic carbocycles. The first-order valence-corrected chi connectivity index (χ1v) is 12.9. The summed E-state index contributed by atoms with van der Waals surface area (Å²) in [6.45, 7) is 3.51. The Kier molecular flexibility index (Phi) is 7.15. The number of fused-ring (bicyclic) bond motifs is 1. The molecule has 0 radical (unpaired) electrons. The van der Waals surface area contributed by atoms with E-state index >= 15 is 0 Å². The number of carbonyl (C=O) groups is 3. The summed E-state index contributed by atoms with van der Waals surface area (Å²) >= 11 is 0. The number of pyridine rings is 1. The van der Waals surface area contributed by atoms with E-state index in [0.717, 1.165) is 24.8 Å². The first-order valence-electron chi connectivity index (χ1n) is 12.9. The van der Waals surface area contributed by atoms with E-state index in [0.29, 0.717) is 16.6 Å². The fraction of sp³-hybridized carbons (Fsp3) is 0.267. The van der Waals surface area contributed by atoms with E-state index in [4.69, 9.17) is 4.74 Å². The largest absolute Gasteiger partial charge is 0.458 e. The molecule has 0 saturated heterocycles. The molecule has 200 valence electrons. The third-order valence-corrected chi connectivity index (χ3v) is 6.94. The van der Waals surface area contributed by atoms with Crippen LogP contribution in [-0.2, 0) is 21.6 Å². The number of nitrogens with one attached hydrogen (secondary N) is 2. The van der Waals surface area contributed by atoms with Gasteiger partial charge in [-0.25, -0.2) is 14.2 Å². The van der Waals surface area contributed by atoms with Crippen LogP contribution >= 0.6 is 0 Å². The maximum absolute atomic E-state index is 14.0. The number of rotatable bonds is 8. The van der Waals surface area contributed by atoms with Crippen molar-refractivity contribution < 1.29 is 23.5 Å². The van der Waals surface area contributed by atoms with Gasteiger partial charge in [0.25, 0.3) is 5.91 Å². The molecule has 8 nitrogen and oxygen atoms in total. The molecule has 0 unspecified atom stereocenters. The smallest absolute Gasteiger partial charge is 0.358 e. The molecular weight excluding hydrogens is 499 g/mol. The molecule has 1 fully saturated rings. The second kappa shape index (κ2) is 10.7. The van der Waals surface area contributed by atoms with Crippen LogP contribution in [0.2, 0.25) is 0 Å². The van der Waals surface area contributed by atoms with Crippen LogP contribution in [0, 0.1) is 5.82 Å². The van der Waals surface area contributed by atoms with Gasteiger partial charge in [-0.3, -0.25) is 9.59 Å². The molecule has 39 heavy (non-hydrogen) atoms. The highest BCUT2D eigenvalue weighted by Gasteiger charge is 2.40. The molecule has 0 bridgehead atoms. The number of nitrogens with zero attached hydrogens (tertiary/aromatic N) is 2. The van der Waals surface area contributed by atoms with Gasteiger partial charge in [0.05, 0.1) is 22.7 Å². The van der Waals surface area contributed by atoms with Crippen LogP contribution in [0.1, 0.15) is 59.5 Å². The predicted octanol–water partition coefficient (Wildman–Crippen LogP) is 5.19. The van der Waals surface area contributed by atoms with Crippen LogP contribution < -0.4 is 10.6 Å². The number of hydrogen-bond acceptors (Lipinski definition) is 5. The summed E-state index contributed by atoms with van der Waals surface area (Å²) in [5.41, 5.74) is 1.73. The average Bonchev–Trinajstić information content (AvgIpc) is 3.30. The third-order valence-electron chi connectivity index (χ3n) is 6.94. The van der Waals surface area contributed by atoms with Crippen molar-refractivity contribution in [2.75, 3.05) is 5.32 Å². The van der Waals surface area contributed by atoms with Crippen LogP contribution in [0.25, 0.3) is 10.9 Å². The SMILES string of the molecule is CC(C)OC(=O)c1ncccc1C(=O)NC1(c2ccc(NC(=O)Cn3ccc4c(F)cccc43)cc2)CCC1. The molecule has 1 aliphatic carbocycles. The number of aromatic nitrogens is 2. The number of ether oxygens (including phenoxy) is 1. The van der Waals surface area contributed by atoms with Gasteiger partial charge in [-0.15, -0.1) is 0 Å². The molecule has 0 atom stereocenters. The molecule has 9 heteroatoms. The maximum Gasteiger partial charge on any atom is 0.358 e. The van der Waals surface area contributed by atoms with E-state index in [1.165, 1.54) is 12.3 Å². The van der Waals surface area contributed by atoms with E-state index < -0.39 is 17.4 Å². The maximum atomic E-state index is 14.0. The minimum absolute atomic E-state index is 0.0190. The van der Waals surface area contributed by atoms with Gasteiger partial charge in [0.1, 0.15) is 12.4 Å². The topological polar surface area (TPSA) is 102 Å². The number of benzene rings is 2. The van der Waals surface area contributed by atoms with Gasteiger partial charge in [-0.1, -0.05) is 18.2 Å². The zero-order valence-electron chi connectivity index (χ0n) is 21.7. The molecule has 2 heterocycles. The summed E-state index contributed by atoms with van der Waals surface area (Å²) < 4.78 is 20.9. The number of halogens is 1. The second-order valence-corrected chi connectivity index (χ2v) is 9.99. The highest BCUT2D eigenvalue weighted by atomic mass is 19.1. The van der Waals surface area contributed by atoms with Crippen molar-refractivity contribution >= 4 is 34.4 Å². The third kappa shape index (κ3) is 5.38. The molecule has 2 amide bonds. The summed E-state index contributed by atoms with van der Waals surface area (Å²) in [5, 5.41) is 6.46. The fourth-order valence-electron chi connectivity index (χ4n) is 4.87. The van der Waals surface area contributed by atoms with E-state index in [2.05, 4.69) is 15.6 Å². The van der Waals surface area contributed by atoms with E-state index in [1.807, 2.05) is 12.1 Å². The van der Waals surface area contributed by atoms with Crippen molar-refractivity contribution in [2.45, 2.75) is 51.3 Å². The standard InChI is InChI=1S/C30H29FN4O4/c1-19(2)39-29(38)27-23(6-4-16-32-27)28(37)34-30(14-5-15-30)20-9-11-21(12-10-20)33-26(36)18-35-17-13-22-24(31)7-3-8-25(22)35/h3-4,6-13,16-17,19H,5,14-15,18H2,1-2H3,(H,33,36)(H,34,37). The van der Waals surface area contributed by atoms with Gasteiger partial charge in [0.15, 0.2) is 5.69 Å². The highest BCUT2D eigenvalue weighted by molar-refractivity contribution is 6.04. The molecule has 2 N–H and O–H groups in total. The lowest BCUT2D eigenvalue weighted by atomic mass is 9.71. The second-order valence-electron chi connectivity index (χ2n) is 9.99. The number of carbonyl (C=O) groups excluding carboxylic acids is 3. The molecule has 0 aliphatic heterocycles. The average molecular weight is 529 g/mol. The molecule has 2 aromatic heterocycles. The van der Waals surface area contributed by atoms with Gasteiger partial charge in [0.2, 0.25) is 5.91 Å². The Bertz CT molecular complexity index is 1540. The molecule has 0 spiro atoms. The molecule has 4 aromatic rings. The Balaban J connectivity index is 1.27. The summed E-state index contributed by atoms with van der Waals surface area (Å²) in [4.78, 5) is 42.5. The fourth-order valence-corrected chi connectivity index (χ4v) is 4.87.